The van der Waals surface area contributed by atoms with Crippen LogP contribution in [0.25, 0.3) is 5.69 Å². The third-order valence-corrected chi connectivity index (χ3v) is 7.00. The third kappa shape index (κ3) is 7.81. The summed E-state index contributed by atoms with van der Waals surface area (Å²) in [5.41, 5.74) is 7.24. The fourth-order valence-corrected chi connectivity index (χ4v) is 4.81. The van der Waals surface area contributed by atoms with Crippen molar-refractivity contribution >= 4 is 39.6 Å². The van der Waals surface area contributed by atoms with Crippen molar-refractivity contribution in [3.05, 3.63) is 130 Å². The Morgan fingerprint density at radius 1 is 0.907 bits per heavy atom. The molecule has 0 saturated carbocycles. The topological polar surface area (TPSA) is 107 Å². The van der Waals surface area contributed by atoms with E-state index < -0.39 is 5.91 Å². The maximum atomic E-state index is 12.5. The zero-order valence-corrected chi connectivity index (χ0v) is 25.1. The molecule has 5 aromatic rings. The van der Waals surface area contributed by atoms with Gasteiger partial charge in [-0.3, -0.25) is 9.59 Å². The number of amides is 2. The van der Waals surface area contributed by atoms with Gasteiger partial charge in [0.05, 0.1) is 10.7 Å². The highest BCUT2D eigenvalue weighted by Crippen LogP contribution is 2.26. The number of hydrazone groups is 1. The minimum atomic E-state index is -0.493. The molecule has 3 aromatic carbocycles. The first-order valence-corrected chi connectivity index (χ1v) is 14.2. The lowest BCUT2D eigenvalue weighted by Gasteiger charge is -2.10. The smallest absolute Gasteiger partial charge is 0.307 e. The van der Waals surface area contributed by atoms with Gasteiger partial charge in [-0.1, -0.05) is 18.2 Å². The highest BCUT2D eigenvalue weighted by atomic mass is 79.9. The van der Waals surface area contributed by atoms with Crippen molar-refractivity contribution in [2.45, 2.75) is 20.5 Å². The molecular formula is C33H29BrN4O5. The van der Waals surface area contributed by atoms with Crippen LogP contribution in [0.3, 0.4) is 0 Å². The van der Waals surface area contributed by atoms with E-state index in [9.17, 15) is 9.59 Å². The molecule has 0 saturated heterocycles. The Morgan fingerprint density at radius 3 is 2.37 bits per heavy atom. The van der Waals surface area contributed by atoms with Gasteiger partial charge in [0.15, 0.2) is 12.4 Å². The number of para-hydroxylation sites is 1. The number of rotatable bonds is 11. The molecule has 2 N–H and O–H groups in total. The summed E-state index contributed by atoms with van der Waals surface area (Å²) in [5.74, 6) is 1.04. The van der Waals surface area contributed by atoms with Gasteiger partial charge < -0.3 is 23.8 Å². The van der Waals surface area contributed by atoms with Gasteiger partial charge in [0.25, 0.3) is 5.91 Å². The van der Waals surface area contributed by atoms with Crippen LogP contribution in [0.5, 0.6) is 11.5 Å². The van der Waals surface area contributed by atoms with Crippen LogP contribution in [-0.4, -0.2) is 29.2 Å². The zero-order chi connectivity index (χ0) is 30.2. The van der Waals surface area contributed by atoms with Crippen molar-refractivity contribution in [3.8, 4) is 17.2 Å². The number of benzene rings is 3. The van der Waals surface area contributed by atoms with Gasteiger partial charge in [0, 0.05) is 22.8 Å². The average Bonchev–Trinajstić information content (AvgIpc) is 3.62. The summed E-state index contributed by atoms with van der Waals surface area (Å²) in [7, 11) is 0. The second kappa shape index (κ2) is 13.7. The van der Waals surface area contributed by atoms with E-state index in [1.165, 1.54) is 6.21 Å². The summed E-state index contributed by atoms with van der Waals surface area (Å²) in [6.07, 6.45) is 1.49. The van der Waals surface area contributed by atoms with Gasteiger partial charge in [-0.2, -0.15) is 5.10 Å². The molecule has 0 aliphatic heterocycles. The van der Waals surface area contributed by atoms with Gasteiger partial charge in [0.2, 0.25) is 0 Å². The predicted octanol–water partition coefficient (Wildman–Crippen LogP) is 6.81. The number of hydrogen-bond acceptors (Lipinski definition) is 6. The Hall–Kier alpha value is -5.09. The molecule has 5 rings (SSSR count). The van der Waals surface area contributed by atoms with Crippen molar-refractivity contribution in [1.82, 2.24) is 9.99 Å². The molecule has 0 unspecified atom stereocenters. The van der Waals surface area contributed by atoms with E-state index in [2.05, 4.69) is 62.3 Å². The van der Waals surface area contributed by atoms with Gasteiger partial charge in [0.1, 0.15) is 23.9 Å². The van der Waals surface area contributed by atoms with Gasteiger partial charge >= 0.3 is 5.91 Å². The molecule has 43 heavy (non-hydrogen) atoms. The molecule has 10 heteroatoms. The van der Waals surface area contributed by atoms with Crippen molar-refractivity contribution in [2.75, 3.05) is 11.9 Å². The maximum absolute atomic E-state index is 12.5. The second-order valence-corrected chi connectivity index (χ2v) is 10.4. The number of carbonyl (C=O) groups excluding carboxylic acids is 2. The van der Waals surface area contributed by atoms with Gasteiger partial charge in [-0.05, 0) is 114 Å². The molecule has 0 aliphatic rings. The lowest BCUT2D eigenvalue weighted by atomic mass is 10.2. The summed E-state index contributed by atoms with van der Waals surface area (Å²) < 4.78 is 19.9. The summed E-state index contributed by atoms with van der Waals surface area (Å²) in [6, 6.07) is 29.6. The van der Waals surface area contributed by atoms with Gasteiger partial charge in [-0.15, -0.1) is 0 Å². The van der Waals surface area contributed by atoms with Crippen LogP contribution < -0.4 is 20.2 Å². The normalized spacial score (nSPS) is 11.0. The van der Waals surface area contributed by atoms with Gasteiger partial charge in [-0.25, -0.2) is 5.43 Å². The van der Waals surface area contributed by atoms with E-state index in [0.717, 1.165) is 17.1 Å². The minimum Gasteiger partial charge on any atom is -0.486 e. The lowest BCUT2D eigenvalue weighted by Crippen LogP contribution is -2.20. The Bertz CT molecular complexity index is 1720. The average molecular weight is 642 g/mol. The van der Waals surface area contributed by atoms with Crippen LogP contribution in [-0.2, 0) is 11.4 Å². The van der Waals surface area contributed by atoms with E-state index in [1.54, 1.807) is 42.5 Å². The van der Waals surface area contributed by atoms with Crippen molar-refractivity contribution in [1.29, 1.82) is 0 Å². The Balaban J connectivity index is 1.08. The van der Waals surface area contributed by atoms with Crippen LogP contribution in [0.2, 0.25) is 0 Å². The van der Waals surface area contributed by atoms with Crippen molar-refractivity contribution in [2.24, 2.45) is 5.10 Å². The molecule has 0 bridgehead atoms. The fourth-order valence-electron chi connectivity index (χ4n) is 4.30. The Kier molecular flexibility index (Phi) is 9.38. The molecule has 0 aliphatic carbocycles. The number of nitrogens with one attached hydrogen (secondary N) is 2. The minimum absolute atomic E-state index is 0.114. The van der Waals surface area contributed by atoms with E-state index in [0.29, 0.717) is 33.0 Å². The molecule has 0 radical (unpaired) electrons. The van der Waals surface area contributed by atoms with Crippen LogP contribution in [0.4, 0.5) is 5.69 Å². The fraction of sp³-hybridized carbons (Fsp3) is 0.121. The summed E-state index contributed by atoms with van der Waals surface area (Å²) in [5, 5.41) is 6.77. The summed E-state index contributed by atoms with van der Waals surface area (Å²) in [4.78, 5) is 24.6. The lowest BCUT2D eigenvalue weighted by molar-refractivity contribution is -0.118. The third-order valence-electron chi connectivity index (χ3n) is 6.38. The van der Waals surface area contributed by atoms with Crippen LogP contribution in [0.1, 0.15) is 33.3 Å². The Labute approximate surface area is 257 Å². The first kappa shape index (κ1) is 29.4. The highest BCUT2D eigenvalue weighted by molar-refractivity contribution is 9.10. The number of ether oxygens (including phenoxy) is 2. The van der Waals surface area contributed by atoms with Crippen molar-refractivity contribution in [3.63, 3.8) is 0 Å². The molecule has 0 spiro atoms. The largest absolute Gasteiger partial charge is 0.486 e. The molecule has 9 nitrogen and oxygen atoms in total. The first-order valence-electron chi connectivity index (χ1n) is 13.4. The van der Waals surface area contributed by atoms with E-state index in [1.807, 2.05) is 42.5 Å². The van der Waals surface area contributed by atoms with Crippen LogP contribution >= 0.6 is 15.9 Å². The van der Waals surface area contributed by atoms with Crippen molar-refractivity contribution < 1.29 is 23.5 Å². The summed E-state index contributed by atoms with van der Waals surface area (Å²) in [6.45, 7) is 4.16. The molecular weight excluding hydrogens is 612 g/mol. The molecule has 0 atom stereocenters. The number of nitrogens with zero attached hydrogens (tertiary/aromatic N) is 2. The van der Waals surface area contributed by atoms with Crippen LogP contribution in [0, 0.1) is 13.8 Å². The number of aromatic nitrogens is 1. The van der Waals surface area contributed by atoms with E-state index in [-0.39, 0.29) is 24.9 Å². The zero-order valence-electron chi connectivity index (χ0n) is 23.5. The number of anilines is 1. The highest BCUT2D eigenvalue weighted by Gasteiger charge is 2.12. The molecule has 2 amide bonds. The number of carbonyl (C=O) groups is 2. The Morgan fingerprint density at radius 2 is 1.65 bits per heavy atom. The van der Waals surface area contributed by atoms with Crippen LogP contribution in [0.15, 0.2) is 111 Å². The monoisotopic (exact) mass is 640 g/mol. The maximum Gasteiger partial charge on any atom is 0.307 e. The second-order valence-electron chi connectivity index (χ2n) is 9.59. The molecule has 218 valence electrons. The molecule has 2 heterocycles. The molecule has 0 fully saturated rings. The number of aryl methyl sites for hydroxylation is 2. The number of furan rings is 1. The molecule has 2 aromatic heterocycles. The standard InChI is InChI=1S/C33H29BrN4O5/c1-22-8-9-23(2)38(22)26-11-13-27(14-12-26)41-20-28-15-17-31(43-28)33(40)37-35-19-24-10-16-30(29(34)18-24)42-21-32(39)36-25-6-4-3-5-7-25/h3-19H,20-21H2,1-2H3,(H,36,39)(H,37,40)/b35-19+. The quantitative estimate of drug-likeness (QED) is 0.122. The number of halogens is 1. The first-order chi connectivity index (χ1) is 20.9. The summed E-state index contributed by atoms with van der Waals surface area (Å²) >= 11 is 3.44. The SMILES string of the molecule is Cc1ccc(C)n1-c1ccc(OCc2ccc(C(=O)N/N=C/c3ccc(OCC(=O)Nc4ccccc4)c(Br)c3)o2)cc1. The van der Waals surface area contributed by atoms with E-state index >= 15 is 0 Å². The number of hydrogen-bond donors (Lipinski definition) is 2. The van der Waals surface area contributed by atoms with E-state index in [4.69, 9.17) is 13.9 Å². The predicted molar refractivity (Wildman–Crippen MR) is 168 cm³/mol.